The van der Waals surface area contributed by atoms with E-state index in [4.69, 9.17) is 0 Å². The van der Waals surface area contributed by atoms with Crippen LogP contribution < -0.4 is 10.6 Å². The summed E-state index contributed by atoms with van der Waals surface area (Å²) in [6.07, 6.45) is -9.73. The third kappa shape index (κ3) is 4.67. The highest BCUT2D eigenvalue weighted by atomic mass is 19.4. The Kier molecular flexibility index (Phi) is 5.59. The number of hydrogen-bond acceptors (Lipinski definition) is 3. The molecule has 0 unspecified atom stereocenters. The second-order valence-electron chi connectivity index (χ2n) is 7.76. The van der Waals surface area contributed by atoms with Gasteiger partial charge in [0.2, 0.25) is 0 Å². The number of hydrogen-bond donors (Lipinski definition) is 2. The number of aryl methyl sites for hydroxylation is 1. The number of anilines is 2. The van der Waals surface area contributed by atoms with Crippen LogP contribution in [0.5, 0.6) is 0 Å². The van der Waals surface area contributed by atoms with Crippen molar-refractivity contribution in [1.29, 1.82) is 0 Å². The zero-order valence-electron chi connectivity index (χ0n) is 17.1. The summed E-state index contributed by atoms with van der Waals surface area (Å²) in [6.45, 7) is 1.85. The van der Waals surface area contributed by atoms with Crippen molar-refractivity contribution in [2.75, 3.05) is 10.6 Å². The lowest BCUT2D eigenvalue weighted by molar-refractivity contribution is -0.173. The Hall–Kier alpha value is -3.50. The average Bonchev–Trinajstić information content (AvgIpc) is 3.17. The van der Waals surface area contributed by atoms with Crippen molar-refractivity contribution < 1.29 is 31.1 Å². The number of para-hydroxylation sites is 1. The Bertz CT molecular complexity index is 1170. The van der Waals surface area contributed by atoms with Crippen LogP contribution in [0, 0.1) is 6.92 Å². The molecule has 0 bridgehead atoms. The molecule has 0 fully saturated rings. The number of carbonyl (C=O) groups excluding carboxylic acids is 1. The summed E-state index contributed by atoms with van der Waals surface area (Å²) < 4.78 is 81.6. The molecule has 4 rings (SSSR count). The van der Waals surface area contributed by atoms with Crippen molar-refractivity contribution in [1.82, 2.24) is 9.78 Å². The van der Waals surface area contributed by atoms with Crippen LogP contribution in [0.25, 0.3) is 0 Å². The minimum atomic E-state index is -4.72. The van der Waals surface area contributed by atoms with E-state index in [1.807, 2.05) is 6.92 Å². The van der Waals surface area contributed by atoms with Crippen LogP contribution in [0.3, 0.4) is 0 Å². The number of amides is 1. The molecule has 2 N–H and O–H groups in total. The average molecular weight is 468 g/mol. The van der Waals surface area contributed by atoms with Crippen molar-refractivity contribution in [3.8, 4) is 0 Å². The molecule has 5 nitrogen and oxygen atoms in total. The topological polar surface area (TPSA) is 59.0 Å². The molecule has 0 saturated carbocycles. The van der Waals surface area contributed by atoms with Gasteiger partial charge in [-0.2, -0.15) is 31.4 Å². The van der Waals surface area contributed by atoms with Gasteiger partial charge in [0.1, 0.15) is 5.82 Å². The molecule has 0 saturated heterocycles. The Balaban J connectivity index is 1.65. The van der Waals surface area contributed by atoms with Crippen molar-refractivity contribution in [2.45, 2.75) is 37.8 Å². The number of nitrogens with one attached hydrogen (secondary N) is 2. The first kappa shape index (κ1) is 22.7. The highest BCUT2D eigenvalue weighted by molar-refractivity contribution is 6.03. The predicted octanol–water partition coefficient (Wildman–Crippen LogP) is 6.12. The molecule has 2 aromatic carbocycles. The quantitative estimate of drug-likeness (QED) is 0.455. The van der Waals surface area contributed by atoms with Crippen molar-refractivity contribution in [3.63, 3.8) is 0 Å². The second-order valence-corrected chi connectivity index (χ2v) is 7.76. The van der Waals surface area contributed by atoms with Gasteiger partial charge in [0, 0.05) is 12.5 Å². The summed E-state index contributed by atoms with van der Waals surface area (Å²) in [7, 11) is 0. The first-order valence-electron chi connectivity index (χ1n) is 9.90. The third-order valence-corrected chi connectivity index (χ3v) is 5.38. The molecular formula is C22H18F6N4O. The molecule has 1 amide bonds. The zero-order valence-corrected chi connectivity index (χ0v) is 17.1. The van der Waals surface area contributed by atoms with Gasteiger partial charge in [0.25, 0.3) is 5.91 Å². The van der Waals surface area contributed by atoms with Crippen molar-refractivity contribution in [3.05, 3.63) is 77.0 Å². The van der Waals surface area contributed by atoms with Crippen LogP contribution in [0.2, 0.25) is 0 Å². The molecule has 33 heavy (non-hydrogen) atoms. The molecule has 2 heterocycles. The molecule has 174 valence electrons. The van der Waals surface area contributed by atoms with E-state index in [2.05, 4.69) is 15.7 Å². The van der Waals surface area contributed by atoms with Gasteiger partial charge in [-0.25, -0.2) is 4.68 Å². The fraction of sp³-hybridized carbons (Fsp3) is 0.273. The molecule has 11 heteroatoms. The molecule has 3 aromatic rings. The lowest BCUT2D eigenvalue weighted by Gasteiger charge is -2.33. The molecule has 0 radical (unpaired) electrons. The maximum atomic E-state index is 13.8. The summed E-state index contributed by atoms with van der Waals surface area (Å²) in [6, 6.07) is 9.71. The minimum Gasteiger partial charge on any atom is -0.363 e. The third-order valence-electron chi connectivity index (χ3n) is 5.38. The fourth-order valence-electron chi connectivity index (χ4n) is 3.73. The van der Waals surface area contributed by atoms with Crippen molar-refractivity contribution in [2.24, 2.45) is 0 Å². The SMILES string of the molecule is Cc1ccc([C@@H]2C[C@H](C(F)(F)F)n3nc(C(=O)Nc4ccccc4C(F)(F)F)cc3N2)cc1. The van der Waals surface area contributed by atoms with E-state index in [1.165, 1.54) is 6.07 Å². The van der Waals surface area contributed by atoms with E-state index in [-0.39, 0.29) is 12.2 Å². The monoisotopic (exact) mass is 468 g/mol. The minimum absolute atomic E-state index is 0.0524. The van der Waals surface area contributed by atoms with Gasteiger partial charge in [-0.1, -0.05) is 42.0 Å². The van der Waals surface area contributed by atoms with E-state index in [0.29, 0.717) is 10.2 Å². The summed E-state index contributed by atoms with van der Waals surface area (Å²) >= 11 is 0. The van der Waals surface area contributed by atoms with Crippen LogP contribution >= 0.6 is 0 Å². The van der Waals surface area contributed by atoms with Gasteiger partial charge in [0.15, 0.2) is 11.7 Å². The van der Waals surface area contributed by atoms with E-state index in [0.717, 1.165) is 29.8 Å². The lowest BCUT2D eigenvalue weighted by Crippen LogP contribution is -2.35. The number of aromatic nitrogens is 2. The summed E-state index contributed by atoms with van der Waals surface area (Å²) in [4.78, 5) is 12.6. The Morgan fingerprint density at radius 1 is 1.06 bits per heavy atom. The van der Waals surface area contributed by atoms with Crippen LogP contribution in [-0.2, 0) is 6.18 Å². The fourth-order valence-corrected chi connectivity index (χ4v) is 3.73. The summed E-state index contributed by atoms with van der Waals surface area (Å²) in [5.74, 6) is -1.10. The largest absolute Gasteiger partial charge is 0.418 e. The van der Waals surface area contributed by atoms with E-state index in [9.17, 15) is 31.1 Å². The van der Waals surface area contributed by atoms with E-state index >= 15 is 0 Å². The molecule has 0 aliphatic carbocycles. The number of rotatable bonds is 3. The van der Waals surface area contributed by atoms with Gasteiger partial charge >= 0.3 is 12.4 Å². The maximum Gasteiger partial charge on any atom is 0.418 e. The number of carbonyl (C=O) groups is 1. The van der Waals surface area contributed by atoms with Crippen LogP contribution in [0.1, 0.15) is 45.7 Å². The first-order chi connectivity index (χ1) is 15.4. The second kappa shape index (κ2) is 8.13. The highest BCUT2D eigenvalue weighted by Crippen LogP contribution is 2.43. The number of alkyl halides is 6. The predicted molar refractivity (Wildman–Crippen MR) is 109 cm³/mol. The Labute approximate surface area is 184 Å². The smallest absolute Gasteiger partial charge is 0.363 e. The maximum absolute atomic E-state index is 13.8. The molecule has 1 aliphatic heterocycles. The zero-order chi connectivity index (χ0) is 24.0. The molecular weight excluding hydrogens is 450 g/mol. The summed E-state index contributed by atoms with van der Waals surface area (Å²) in [5, 5.41) is 8.82. The van der Waals surface area contributed by atoms with Gasteiger partial charge in [-0.3, -0.25) is 4.79 Å². The van der Waals surface area contributed by atoms with Gasteiger partial charge in [-0.05, 0) is 24.6 Å². The number of fused-ring (bicyclic) bond motifs is 1. The standard InChI is InChI=1S/C22H18F6N4O/c1-12-6-8-13(9-7-12)16-10-18(22(26,27)28)32-19(29-16)11-17(31-32)20(33)30-15-5-3-2-4-14(15)21(23,24)25/h2-9,11,16,18,29H,10H2,1H3,(H,30,33)/t16-,18+/m0/s1. The molecule has 1 aliphatic rings. The Morgan fingerprint density at radius 3 is 2.36 bits per heavy atom. The lowest BCUT2D eigenvalue weighted by atomic mass is 9.96. The first-order valence-corrected chi connectivity index (χ1v) is 9.90. The molecule has 0 spiro atoms. The van der Waals surface area contributed by atoms with E-state index < -0.39 is 47.3 Å². The Morgan fingerprint density at radius 2 is 1.73 bits per heavy atom. The van der Waals surface area contributed by atoms with Crippen LogP contribution in [0.15, 0.2) is 54.6 Å². The van der Waals surface area contributed by atoms with Gasteiger partial charge in [0.05, 0.1) is 17.3 Å². The number of benzene rings is 2. The number of halogens is 6. The van der Waals surface area contributed by atoms with Gasteiger partial charge < -0.3 is 10.6 Å². The summed E-state index contributed by atoms with van der Waals surface area (Å²) in [5.41, 5.74) is -0.447. The molecule has 2 atom stereocenters. The highest BCUT2D eigenvalue weighted by Gasteiger charge is 2.47. The van der Waals surface area contributed by atoms with Crippen LogP contribution in [0.4, 0.5) is 37.8 Å². The van der Waals surface area contributed by atoms with Gasteiger partial charge in [-0.15, -0.1) is 0 Å². The number of nitrogens with zero attached hydrogens (tertiary/aromatic N) is 2. The van der Waals surface area contributed by atoms with Crippen molar-refractivity contribution >= 4 is 17.4 Å². The van der Waals surface area contributed by atoms with E-state index in [1.54, 1.807) is 24.3 Å². The van der Waals surface area contributed by atoms with Crippen LogP contribution in [-0.4, -0.2) is 21.9 Å². The molecule has 1 aromatic heterocycles. The normalized spacial score (nSPS) is 18.4.